The first-order chi connectivity index (χ1) is 11.6. The number of para-hydroxylation sites is 2. The molecule has 0 aliphatic carbocycles. The number of nitrogens with zero attached hydrogens (tertiary/aromatic N) is 2. The van der Waals surface area contributed by atoms with Crippen LogP contribution in [0.3, 0.4) is 0 Å². The highest BCUT2D eigenvalue weighted by atomic mass is 16.5. The largest absolute Gasteiger partial charge is 0.368 e. The van der Waals surface area contributed by atoms with Crippen LogP contribution in [-0.2, 0) is 22.4 Å². The van der Waals surface area contributed by atoms with E-state index in [1.807, 2.05) is 42.5 Å². The van der Waals surface area contributed by atoms with E-state index < -0.39 is 11.9 Å². The number of primary amides is 1. The van der Waals surface area contributed by atoms with Crippen LogP contribution < -0.4 is 10.6 Å². The van der Waals surface area contributed by atoms with E-state index in [4.69, 9.17) is 10.3 Å². The molecule has 3 aromatic rings. The molecule has 1 aromatic heterocycles. The van der Waals surface area contributed by atoms with Crippen LogP contribution >= 0.6 is 0 Å². The van der Waals surface area contributed by atoms with E-state index in [9.17, 15) is 9.59 Å². The molecule has 0 unspecified atom stereocenters. The normalized spacial score (nSPS) is 16.3. The lowest BCUT2D eigenvalue weighted by atomic mass is 10.1. The highest BCUT2D eigenvalue weighted by Crippen LogP contribution is 2.32. The highest BCUT2D eigenvalue weighted by Gasteiger charge is 2.37. The van der Waals surface area contributed by atoms with Crippen LogP contribution in [0.1, 0.15) is 11.3 Å². The van der Waals surface area contributed by atoms with Crippen LogP contribution in [0, 0.1) is 0 Å². The van der Waals surface area contributed by atoms with Gasteiger partial charge >= 0.3 is 0 Å². The monoisotopic (exact) mass is 321 g/mol. The molecule has 0 radical (unpaired) electrons. The Labute approximate surface area is 137 Å². The Bertz CT molecular complexity index is 947. The molecule has 4 rings (SSSR count). The molecule has 0 saturated heterocycles. The van der Waals surface area contributed by atoms with Gasteiger partial charge in [-0.3, -0.25) is 14.5 Å². The standard InChI is InChI=1S/C18H15N3O3/c19-18(23)15-9-11-5-1-3-7-14(11)21(15)17(22)10-13-12-6-2-4-8-16(12)24-20-13/h1-8,15H,9-10H2,(H2,19,23)/t15-/m0/s1. The second-order valence-electron chi connectivity index (χ2n) is 5.82. The molecule has 1 atom stereocenters. The average molecular weight is 321 g/mol. The molecular formula is C18H15N3O3. The number of fused-ring (bicyclic) bond motifs is 2. The number of amides is 2. The maximum Gasteiger partial charge on any atom is 0.240 e. The fourth-order valence-electron chi connectivity index (χ4n) is 3.22. The number of benzene rings is 2. The lowest BCUT2D eigenvalue weighted by Gasteiger charge is -2.23. The van der Waals surface area contributed by atoms with Crippen molar-refractivity contribution in [1.29, 1.82) is 0 Å². The molecular weight excluding hydrogens is 306 g/mol. The number of hydrogen-bond acceptors (Lipinski definition) is 4. The Kier molecular flexibility index (Phi) is 3.30. The zero-order valence-electron chi connectivity index (χ0n) is 12.8. The zero-order chi connectivity index (χ0) is 16.7. The number of nitrogens with two attached hydrogens (primary N) is 1. The molecule has 6 nitrogen and oxygen atoms in total. The number of hydrogen-bond donors (Lipinski definition) is 1. The molecule has 2 aromatic carbocycles. The fraction of sp³-hybridized carbons (Fsp3) is 0.167. The van der Waals surface area contributed by atoms with Crippen molar-refractivity contribution in [3.05, 3.63) is 59.8 Å². The van der Waals surface area contributed by atoms with Gasteiger partial charge in [-0.15, -0.1) is 0 Å². The van der Waals surface area contributed by atoms with Crippen molar-refractivity contribution in [2.45, 2.75) is 18.9 Å². The van der Waals surface area contributed by atoms with Crippen LogP contribution in [0.4, 0.5) is 5.69 Å². The van der Waals surface area contributed by atoms with Crippen LogP contribution in [0.5, 0.6) is 0 Å². The SMILES string of the molecule is NC(=O)[C@@H]1Cc2ccccc2N1C(=O)Cc1noc2ccccc12. The Morgan fingerprint density at radius 3 is 2.75 bits per heavy atom. The van der Waals surface area contributed by atoms with Crippen molar-refractivity contribution in [3.8, 4) is 0 Å². The van der Waals surface area contributed by atoms with Crippen molar-refractivity contribution >= 4 is 28.5 Å². The van der Waals surface area contributed by atoms with Gasteiger partial charge < -0.3 is 10.3 Å². The van der Waals surface area contributed by atoms with Crippen molar-refractivity contribution in [2.24, 2.45) is 5.73 Å². The summed E-state index contributed by atoms with van der Waals surface area (Å²) in [4.78, 5) is 26.2. The number of carbonyl (C=O) groups excluding carboxylic acids is 2. The lowest BCUT2D eigenvalue weighted by Crippen LogP contribution is -2.46. The summed E-state index contributed by atoms with van der Waals surface area (Å²) in [6, 6.07) is 14.2. The summed E-state index contributed by atoms with van der Waals surface area (Å²) in [5, 5.41) is 4.79. The van der Waals surface area contributed by atoms with Crippen molar-refractivity contribution in [2.75, 3.05) is 4.90 Å². The minimum Gasteiger partial charge on any atom is -0.368 e. The fourth-order valence-corrected chi connectivity index (χ4v) is 3.22. The van der Waals surface area contributed by atoms with Crippen LogP contribution in [0.25, 0.3) is 11.0 Å². The molecule has 0 spiro atoms. The van der Waals surface area contributed by atoms with Gasteiger partial charge in [-0.05, 0) is 23.8 Å². The van der Waals surface area contributed by atoms with E-state index in [2.05, 4.69) is 5.16 Å². The van der Waals surface area contributed by atoms with Crippen LogP contribution in [-0.4, -0.2) is 23.0 Å². The number of anilines is 1. The maximum atomic E-state index is 12.9. The lowest BCUT2D eigenvalue weighted by molar-refractivity contribution is -0.124. The first-order valence-corrected chi connectivity index (χ1v) is 7.67. The third kappa shape index (κ3) is 2.23. The van der Waals surface area contributed by atoms with Crippen molar-refractivity contribution in [1.82, 2.24) is 5.16 Å². The minimum absolute atomic E-state index is 0.0507. The van der Waals surface area contributed by atoms with E-state index in [-0.39, 0.29) is 12.3 Å². The number of rotatable bonds is 3. The molecule has 0 bridgehead atoms. The summed E-state index contributed by atoms with van der Waals surface area (Å²) in [5.41, 5.74) is 8.37. The molecule has 120 valence electrons. The smallest absolute Gasteiger partial charge is 0.240 e. The first kappa shape index (κ1) is 14.4. The van der Waals surface area contributed by atoms with Gasteiger partial charge in [-0.25, -0.2) is 0 Å². The molecule has 2 heterocycles. The van der Waals surface area contributed by atoms with Gasteiger partial charge in [0.25, 0.3) is 0 Å². The predicted octanol–water partition coefficient (Wildman–Crippen LogP) is 1.81. The Hall–Kier alpha value is -3.15. The van der Waals surface area contributed by atoms with Gasteiger partial charge in [0.2, 0.25) is 11.8 Å². The van der Waals surface area contributed by atoms with Crippen LogP contribution in [0.15, 0.2) is 53.1 Å². The summed E-state index contributed by atoms with van der Waals surface area (Å²) in [7, 11) is 0. The Balaban J connectivity index is 1.69. The molecule has 6 heteroatoms. The van der Waals surface area contributed by atoms with E-state index in [1.165, 1.54) is 4.90 Å². The van der Waals surface area contributed by atoms with Crippen LogP contribution in [0.2, 0.25) is 0 Å². The summed E-state index contributed by atoms with van der Waals surface area (Å²) in [6.07, 6.45) is 0.492. The van der Waals surface area contributed by atoms with Crippen molar-refractivity contribution in [3.63, 3.8) is 0 Å². The summed E-state index contributed by atoms with van der Waals surface area (Å²) in [6.45, 7) is 0. The average Bonchev–Trinajstić information content (AvgIpc) is 3.16. The van der Waals surface area contributed by atoms with Gasteiger partial charge in [0.05, 0.1) is 6.42 Å². The van der Waals surface area contributed by atoms with E-state index in [0.29, 0.717) is 17.7 Å². The zero-order valence-corrected chi connectivity index (χ0v) is 12.8. The second kappa shape index (κ2) is 5.49. The first-order valence-electron chi connectivity index (χ1n) is 7.67. The van der Waals surface area contributed by atoms with E-state index in [0.717, 1.165) is 16.6 Å². The van der Waals surface area contributed by atoms with Gasteiger partial charge in [-0.2, -0.15) is 0 Å². The Morgan fingerprint density at radius 1 is 1.17 bits per heavy atom. The summed E-state index contributed by atoms with van der Waals surface area (Å²) < 4.78 is 5.24. The van der Waals surface area contributed by atoms with E-state index >= 15 is 0 Å². The minimum atomic E-state index is -0.659. The molecule has 0 saturated carbocycles. The molecule has 2 amide bonds. The van der Waals surface area contributed by atoms with Gasteiger partial charge in [0, 0.05) is 17.5 Å². The third-order valence-corrected chi connectivity index (χ3v) is 4.34. The molecule has 1 aliphatic rings. The van der Waals surface area contributed by atoms with E-state index in [1.54, 1.807) is 6.07 Å². The topological polar surface area (TPSA) is 89.4 Å². The third-order valence-electron chi connectivity index (χ3n) is 4.34. The summed E-state index contributed by atoms with van der Waals surface area (Å²) in [5.74, 6) is -0.729. The van der Waals surface area contributed by atoms with Gasteiger partial charge in [0.1, 0.15) is 11.7 Å². The second-order valence-corrected chi connectivity index (χ2v) is 5.82. The molecule has 24 heavy (non-hydrogen) atoms. The summed E-state index contributed by atoms with van der Waals surface area (Å²) >= 11 is 0. The maximum absolute atomic E-state index is 12.9. The highest BCUT2D eigenvalue weighted by molar-refractivity contribution is 6.04. The number of aromatic nitrogens is 1. The molecule has 2 N–H and O–H groups in total. The Morgan fingerprint density at radius 2 is 1.92 bits per heavy atom. The van der Waals surface area contributed by atoms with Crippen molar-refractivity contribution < 1.29 is 14.1 Å². The molecule has 0 fully saturated rings. The van der Waals surface area contributed by atoms with Gasteiger partial charge in [-0.1, -0.05) is 35.5 Å². The van der Waals surface area contributed by atoms with Gasteiger partial charge in [0.15, 0.2) is 5.58 Å². The number of carbonyl (C=O) groups is 2. The predicted molar refractivity (Wildman–Crippen MR) is 88.3 cm³/mol. The quantitative estimate of drug-likeness (QED) is 0.796. The molecule has 1 aliphatic heterocycles.